The van der Waals surface area contributed by atoms with Crippen LogP contribution < -0.4 is 10.1 Å². The molecule has 2 aromatic rings. The van der Waals surface area contributed by atoms with Gasteiger partial charge in [0.05, 0.1) is 7.11 Å². The van der Waals surface area contributed by atoms with Crippen molar-refractivity contribution < 1.29 is 19.1 Å². The second-order valence-corrected chi connectivity index (χ2v) is 7.62. The molecule has 0 heterocycles. The van der Waals surface area contributed by atoms with Gasteiger partial charge in [0, 0.05) is 5.56 Å². The van der Waals surface area contributed by atoms with E-state index in [1.165, 1.54) is 7.11 Å². The predicted octanol–water partition coefficient (Wildman–Crippen LogP) is 4.08. The SMILES string of the molecule is COC(=O)COc1ccc([C@H](NC(=O)c2ccccc2)C(Cl)(Cl)Cl)cc1. The minimum atomic E-state index is -1.77. The Labute approximate surface area is 166 Å². The van der Waals surface area contributed by atoms with Crippen LogP contribution in [0.5, 0.6) is 5.75 Å². The van der Waals surface area contributed by atoms with Gasteiger partial charge in [-0.05, 0) is 29.8 Å². The molecule has 0 radical (unpaired) electrons. The van der Waals surface area contributed by atoms with Gasteiger partial charge in [0.2, 0.25) is 3.79 Å². The third-order valence-electron chi connectivity index (χ3n) is 3.44. The number of hydrogen-bond acceptors (Lipinski definition) is 4. The maximum Gasteiger partial charge on any atom is 0.343 e. The Morgan fingerprint density at radius 2 is 1.65 bits per heavy atom. The molecule has 8 heteroatoms. The number of amides is 1. The first-order valence-corrected chi connectivity index (χ1v) is 8.67. The van der Waals surface area contributed by atoms with Gasteiger partial charge in [-0.2, -0.15) is 0 Å². The number of alkyl halides is 3. The molecular formula is C18H16Cl3NO4. The molecule has 0 aliphatic carbocycles. The highest BCUT2D eigenvalue weighted by molar-refractivity contribution is 6.68. The van der Waals surface area contributed by atoms with Crippen LogP contribution in [0.15, 0.2) is 54.6 Å². The van der Waals surface area contributed by atoms with Gasteiger partial charge < -0.3 is 14.8 Å². The number of carbonyl (C=O) groups excluding carboxylic acids is 2. The molecule has 0 aliphatic heterocycles. The van der Waals surface area contributed by atoms with Crippen LogP contribution in [-0.4, -0.2) is 29.4 Å². The standard InChI is InChI=1S/C18H16Cl3NO4/c1-25-15(23)11-26-14-9-7-12(8-10-14)16(18(19,20)21)22-17(24)13-5-3-2-4-6-13/h2-10,16H,11H2,1H3,(H,22,24)/t16-/m0/s1. The quantitative estimate of drug-likeness (QED) is 0.569. The zero-order valence-corrected chi connectivity index (χ0v) is 16.0. The lowest BCUT2D eigenvalue weighted by Gasteiger charge is -2.26. The van der Waals surface area contributed by atoms with Crippen LogP contribution in [0, 0.1) is 0 Å². The van der Waals surface area contributed by atoms with E-state index in [9.17, 15) is 9.59 Å². The highest BCUT2D eigenvalue weighted by atomic mass is 35.6. The van der Waals surface area contributed by atoms with E-state index in [0.717, 1.165) is 0 Å². The number of esters is 1. The Hall–Kier alpha value is -1.95. The van der Waals surface area contributed by atoms with E-state index in [-0.39, 0.29) is 12.5 Å². The van der Waals surface area contributed by atoms with Gasteiger partial charge in [0.25, 0.3) is 5.91 Å². The van der Waals surface area contributed by atoms with Gasteiger partial charge in [0.1, 0.15) is 11.8 Å². The summed E-state index contributed by atoms with van der Waals surface area (Å²) < 4.78 is 8.00. The number of ether oxygens (including phenoxy) is 2. The summed E-state index contributed by atoms with van der Waals surface area (Å²) >= 11 is 18.2. The largest absolute Gasteiger partial charge is 0.482 e. The van der Waals surface area contributed by atoms with Gasteiger partial charge in [-0.15, -0.1) is 0 Å². The monoisotopic (exact) mass is 415 g/mol. The molecule has 138 valence electrons. The van der Waals surface area contributed by atoms with Crippen molar-refractivity contribution >= 4 is 46.7 Å². The molecule has 0 spiro atoms. The predicted molar refractivity (Wildman–Crippen MR) is 101 cm³/mol. The van der Waals surface area contributed by atoms with E-state index in [2.05, 4.69) is 10.1 Å². The normalized spacial score (nSPS) is 12.2. The third kappa shape index (κ3) is 5.80. The summed E-state index contributed by atoms with van der Waals surface area (Å²) in [6.45, 7) is -0.214. The van der Waals surface area contributed by atoms with Gasteiger partial charge in [-0.25, -0.2) is 4.79 Å². The lowest BCUT2D eigenvalue weighted by Crippen LogP contribution is -2.36. The van der Waals surface area contributed by atoms with Gasteiger partial charge in [0.15, 0.2) is 6.61 Å². The summed E-state index contributed by atoms with van der Waals surface area (Å²) in [6, 6.07) is 14.2. The first-order chi connectivity index (χ1) is 12.3. The summed E-state index contributed by atoms with van der Waals surface area (Å²) in [7, 11) is 1.27. The number of halogens is 3. The number of methoxy groups -OCH3 is 1. The van der Waals surface area contributed by atoms with Crippen molar-refractivity contribution in [2.24, 2.45) is 0 Å². The smallest absolute Gasteiger partial charge is 0.343 e. The van der Waals surface area contributed by atoms with Crippen molar-refractivity contribution in [1.29, 1.82) is 0 Å². The second kappa shape index (κ2) is 9.12. The molecule has 1 N–H and O–H groups in total. The molecule has 0 saturated carbocycles. The van der Waals surface area contributed by atoms with Crippen LogP contribution >= 0.6 is 34.8 Å². The fraction of sp³-hybridized carbons (Fsp3) is 0.222. The van der Waals surface area contributed by atoms with Crippen LogP contribution in [-0.2, 0) is 9.53 Å². The first-order valence-electron chi connectivity index (χ1n) is 7.53. The molecule has 0 saturated heterocycles. The number of hydrogen-bond donors (Lipinski definition) is 1. The maximum absolute atomic E-state index is 12.4. The Morgan fingerprint density at radius 3 is 2.19 bits per heavy atom. The van der Waals surface area contributed by atoms with Crippen LogP contribution in [0.2, 0.25) is 0 Å². The third-order valence-corrected chi connectivity index (χ3v) is 4.09. The van der Waals surface area contributed by atoms with E-state index >= 15 is 0 Å². The molecular weight excluding hydrogens is 401 g/mol. The topological polar surface area (TPSA) is 64.6 Å². The second-order valence-electron chi connectivity index (χ2n) is 5.25. The molecule has 1 atom stereocenters. The maximum atomic E-state index is 12.4. The van der Waals surface area contributed by atoms with E-state index in [1.807, 2.05) is 0 Å². The number of carbonyl (C=O) groups is 2. The fourth-order valence-corrected chi connectivity index (χ4v) is 2.66. The van der Waals surface area contributed by atoms with Crippen LogP contribution in [0.1, 0.15) is 22.0 Å². The van der Waals surface area contributed by atoms with Crippen molar-refractivity contribution in [2.75, 3.05) is 13.7 Å². The van der Waals surface area contributed by atoms with Crippen molar-refractivity contribution in [3.05, 3.63) is 65.7 Å². The average Bonchev–Trinajstić information content (AvgIpc) is 2.64. The van der Waals surface area contributed by atoms with Gasteiger partial charge in [-0.3, -0.25) is 4.79 Å². The van der Waals surface area contributed by atoms with E-state index in [0.29, 0.717) is 16.9 Å². The lowest BCUT2D eigenvalue weighted by atomic mass is 10.1. The van der Waals surface area contributed by atoms with E-state index < -0.39 is 15.8 Å². The minimum Gasteiger partial charge on any atom is -0.482 e. The highest BCUT2D eigenvalue weighted by Crippen LogP contribution is 2.40. The van der Waals surface area contributed by atoms with Gasteiger partial charge >= 0.3 is 5.97 Å². The zero-order chi connectivity index (χ0) is 19.2. The molecule has 2 aromatic carbocycles. The lowest BCUT2D eigenvalue weighted by molar-refractivity contribution is -0.142. The Kier molecular flexibility index (Phi) is 7.14. The molecule has 1 amide bonds. The van der Waals surface area contributed by atoms with Crippen LogP contribution in [0.25, 0.3) is 0 Å². The van der Waals surface area contributed by atoms with Crippen molar-refractivity contribution in [3.63, 3.8) is 0 Å². The summed E-state index contributed by atoms with van der Waals surface area (Å²) in [5, 5.41) is 2.72. The molecule has 0 bridgehead atoms. The molecule has 2 rings (SSSR count). The van der Waals surface area contributed by atoms with E-state index in [4.69, 9.17) is 39.5 Å². The fourth-order valence-electron chi connectivity index (χ4n) is 2.12. The molecule has 5 nitrogen and oxygen atoms in total. The molecule has 26 heavy (non-hydrogen) atoms. The Morgan fingerprint density at radius 1 is 1.04 bits per heavy atom. The highest BCUT2D eigenvalue weighted by Gasteiger charge is 2.35. The summed E-state index contributed by atoms with van der Waals surface area (Å²) in [5.41, 5.74) is 1.02. The van der Waals surface area contributed by atoms with Crippen molar-refractivity contribution in [3.8, 4) is 5.75 Å². The molecule has 0 fully saturated rings. The van der Waals surface area contributed by atoms with Crippen LogP contribution in [0.4, 0.5) is 0 Å². The number of benzene rings is 2. The molecule has 0 unspecified atom stereocenters. The van der Waals surface area contributed by atoms with Crippen molar-refractivity contribution in [2.45, 2.75) is 9.83 Å². The molecule has 0 aromatic heterocycles. The summed E-state index contributed by atoms with van der Waals surface area (Å²) in [4.78, 5) is 23.5. The van der Waals surface area contributed by atoms with Crippen molar-refractivity contribution in [1.82, 2.24) is 5.32 Å². The zero-order valence-electron chi connectivity index (χ0n) is 13.7. The summed E-state index contributed by atoms with van der Waals surface area (Å²) in [6.07, 6.45) is 0. The summed E-state index contributed by atoms with van der Waals surface area (Å²) in [5.74, 6) is -0.423. The average molecular weight is 417 g/mol. The number of rotatable bonds is 6. The Bertz CT molecular complexity index is 745. The van der Waals surface area contributed by atoms with E-state index in [1.54, 1.807) is 54.6 Å². The Balaban J connectivity index is 2.14. The van der Waals surface area contributed by atoms with Gasteiger partial charge in [-0.1, -0.05) is 65.1 Å². The first kappa shape index (κ1) is 20.4. The van der Waals surface area contributed by atoms with Crippen LogP contribution in [0.3, 0.4) is 0 Å². The minimum absolute atomic E-state index is 0.214. The number of nitrogens with one attached hydrogen (secondary N) is 1. The molecule has 0 aliphatic rings.